The van der Waals surface area contributed by atoms with Crippen LogP contribution < -0.4 is 0 Å². The van der Waals surface area contributed by atoms with Crippen LogP contribution in [0.3, 0.4) is 0 Å². The van der Waals surface area contributed by atoms with Crippen LogP contribution in [0, 0.1) is 11.8 Å². The molecule has 0 radical (unpaired) electrons. The second-order valence-corrected chi connectivity index (χ2v) is 6.65. The van der Waals surface area contributed by atoms with Crippen molar-refractivity contribution >= 4 is 11.9 Å². The van der Waals surface area contributed by atoms with Gasteiger partial charge in [-0.2, -0.15) is 0 Å². The lowest BCUT2D eigenvalue weighted by Gasteiger charge is -2.30. The maximum Gasteiger partial charge on any atom is 0.306 e. The highest BCUT2D eigenvalue weighted by Gasteiger charge is 2.33. The molecule has 2 aliphatic rings. The van der Waals surface area contributed by atoms with E-state index in [1.807, 2.05) is 4.90 Å². The van der Waals surface area contributed by atoms with Crippen LogP contribution >= 0.6 is 0 Å². The van der Waals surface area contributed by atoms with Gasteiger partial charge in [0.05, 0.1) is 12.0 Å². The molecule has 1 N–H and O–H groups in total. The minimum absolute atomic E-state index is 0.0945. The monoisotopic (exact) mass is 311 g/mol. The van der Waals surface area contributed by atoms with Crippen LogP contribution in [0.2, 0.25) is 0 Å². The number of likely N-dealkylation sites (tertiary alicyclic amines) is 1. The number of ether oxygens (including phenoxy) is 1. The smallest absolute Gasteiger partial charge is 0.306 e. The summed E-state index contributed by atoms with van der Waals surface area (Å²) in [5.41, 5.74) is 0. The molecule has 1 aliphatic heterocycles. The Morgan fingerprint density at radius 1 is 1.09 bits per heavy atom. The molecular weight excluding hydrogens is 282 g/mol. The summed E-state index contributed by atoms with van der Waals surface area (Å²) in [6, 6.07) is 0. The predicted molar refractivity (Wildman–Crippen MR) is 83.5 cm³/mol. The molecule has 0 aromatic heterocycles. The van der Waals surface area contributed by atoms with Crippen molar-refractivity contribution in [1.82, 2.24) is 4.90 Å². The van der Waals surface area contributed by atoms with E-state index < -0.39 is 5.97 Å². The van der Waals surface area contributed by atoms with Gasteiger partial charge < -0.3 is 14.7 Å². The van der Waals surface area contributed by atoms with Crippen molar-refractivity contribution in [3.63, 3.8) is 0 Å². The summed E-state index contributed by atoms with van der Waals surface area (Å²) in [6.45, 7) is 4.44. The second-order valence-electron chi connectivity index (χ2n) is 6.65. The van der Waals surface area contributed by atoms with Gasteiger partial charge >= 0.3 is 5.97 Å². The number of carbonyl (C=O) groups excluding carboxylic acids is 1. The van der Waals surface area contributed by atoms with Crippen molar-refractivity contribution in [3.8, 4) is 0 Å². The predicted octanol–water partition coefficient (Wildman–Crippen LogP) is 2.69. The van der Waals surface area contributed by atoms with Gasteiger partial charge in [-0.3, -0.25) is 9.59 Å². The van der Waals surface area contributed by atoms with Crippen LogP contribution in [-0.4, -0.2) is 47.7 Å². The number of hydrogen-bond acceptors (Lipinski definition) is 3. The normalized spacial score (nSPS) is 29.9. The summed E-state index contributed by atoms with van der Waals surface area (Å²) in [6.07, 6.45) is 7.13. The van der Waals surface area contributed by atoms with Gasteiger partial charge in [-0.25, -0.2) is 0 Å². The molecule has 5 heteroatoms. The number of hydrogen-bond donors (Lipinski definition) is 1. The molecule has 0 spiro atoms. The largest absolute Gasteiger partial charge is 0.481 e. The van der Waals surface area contributed by atoms with Crippen LogP contribution in [0.25, 0.3) is 0 Å². The van der Waals surface area contributed by atoms with Crippen molar-refractivity contribution in [2.75, 3.05) is 19.7 Å². The van der Waals surface area contributed by atoms with Gasteiger partial charge in [-0.15, -0.1) is 0 Å². The van der Waals surface area contributed by atoms with Gasteiger partial charge in [0, 0.05) is 25.6 Å². The first kappa shape index (κ1) is 17.3. The minimum atomic E-state index is -0.749. The molecule has 2 fully saturated rings. The molecule has 1 aliphatic carbocycles. The summed E-state index contributed by atoms with van der Waals surface area (Å²) in [5, 5.41) is 9.17. The Bertz CT molecular complexity index is 385. The molecule has 3 unspecified atom stereocenters. The molecule has 22 heavy (non-hydrogen) atoms. The first-order chi connectivity index (χ1) is 10.6. The maximum absolute atomic E-state index is 12.7. The number of aliphatic carboxylic acids is 1. The first-order valence-corrected chi connectivity index (χ1v) is 8.75. The third-order valence-electron chi connectivity index (χ3n) is 4.92. The zero-order valence-electron chi connectivity index (χ0n) is 13.6. The van der Waals surface area contributed by atoms with Gasteiger partial charge in [0.2, 0.25) is 5.91 Å². The van der Waals surface area contributed by atoms with Gasteiger partial charge in [-0.1, -0.05) is 13.3 Å². The first-order valence-electron chi connectivity index (χ1n) is 8.75. The summed E-state index contributed by atoms with van der Waals surface area (Å²) >= 11 is 0. The minimum Gasteiger partial charge on any atom is -0.481 e. The average Bonchev–Trinajstić information content (AvgIpc) is 2.78. The number of amides is 1. The van der Waals surface area contributed by atoms with Gasteiger partial charge in [0.1, 0.15) is 0 Å². The molecule has 126 valence electrons. The fourth-order valence-corrected chi connectivity index (χ4v) is 3.63. The standard InChI is InChI=1S/C17H29NO4/c1-2-11-22-15-7-4-9-18(10-8-15)16(19)13-5-3-6-14(12-13)17(20)21/h13-15H,2-12H2,1H3,(H,20,21). The van der Waals surface area contributed by atoms with Crippen LogP contribution in [0.4, 0.5) is 0 Å². The lowest BCUT2D eigenvalue weighted by molar-refractivity contribution is -0.145. The quantitative estimate of drug-likeness (QED) is 0.847. The van der Waals surface area contributed by atoms with Crippen LogP contribution in [0.15, 0.2) is 0 Å². The second kappa shape index (κ2) is 8.51. The van der Waals surface area contributed by atoms with E-state index >= 15 is 0 Å². The third kappa shape index (κ3) is 4.70. The molecule has 0 aromatic carbocycles. The van der Waals surface area contributed by atoms with Crippen molar-refractivity contribution in [3.05, 3.63) is 0 Å². The number of rotatable bonds is 5. The van der Waals surface area contributed by atoms with E-state index in [0.29, 0.717) is 12.8 Å². The maximum atomic E-state index is 12.7. The van der Waals surface area contributed by atoms with E-state index in [1.165, 1.54) is 0 Å². The van der Waals surface area contributed by atoms with E-state index in [1.54, 1.807) is 0 Å². The Kier molecular flexibility index (Phi) is 6.68. The van der Waals surface area contributed by atoms with E-state index in [2.05, 4.69) is 6.92 Å². The SMILES string of the molecule is CCCOC1CCCN(C(=O)C2CCCC(C(=O)O)C2)CC1. The number of carboxylic acids is 1. The van der Waals surface area contributed by atoms with Gasteiger partial charge in [0.25, 0.3) is 0 Å². The molecule has 1 saturated carbocycles. The van der Waals surface area contributed by atoms with E-state index in [0.717, 1.165) is 58.2 Å². The average molecular weight is 311 g/mol. The molecule has 3 atom stereocenters. The zero-order chi connectivity index (χ0) is 15.9. The highest BCUT2D eigenvalue weighted by atomic mass is 16.5. The molecule has 0 aromatic rings. The number of carboxylic acid groups (broad SMARTS) is 1. The zero-order valence-corrected chi connectivity index (χ0v) is 13.6. The molecule has 1 heterocycles. The number of carbonyl (C=O) groups is 2. The molecule has 1 amide bonds. The Balaban J connectivity index is 1.85. The Labute approximate surface area is 133 Å². The fourth-order valence-electron chi connectivity index (χ4n) is 3.63. The van der Waals surface area contributed by atoms with E-state index in [9.17, 15) is 9.59 Å². The summed E-state index contributed by atoms with van der Waals surface area (Å²) in [4.78, 5) is 25.8. The third-order valence-corrected chi connectivity index (χ3v) is 4.92. The van der Waals surface area contributed by atoms with Crippen molar-refractivity contribution in [2.45, 2.75) is 64.4 Å². The molecule has 2 rings (SSSR count). The van der Waals surface area contributed by atoms with Gasteiger partial charge in [-0.05, 0) is 44.9 Å². The van der Waals surface area contributed by atoms with Gasteiger partial charge in [0.15, 0.2) is 0 Å². The summed E-state index contributed by atoms with van der Waals surface area (Å²) < 4.78 is 5.82. The van der Waals surface area contributed by atoms with E-state index in [-0.39, 0.29) is 23.8 Å². The van der Waals surface area contributed by atoms with Crippen LogP contribution in [-0.2, 0) is 14.3 Å². The molecule has 0 bridgehead atoms. The highest BCUT2D eigenvalue weighted by Crippen LogP contribution is 2.31. The molecule has 1 saturated heterocycles. The van der Waals surface area contributed by atoms with Crippen molar-refractivity contribution in [2.24, 2.45) is 11.8 Å². The number of nitrogens with zero attached hydrogens (tertiary/aromatic N) is 1. The van der Waals surface area contributed by atoms with Crippen molar-refractivity contribution < 1.29 is 19.4 Å². The molecular formula is C17H29NO4. The fraction of sp³-hybridized carbons (Fsp3) is 0.882. The lowest BCUT2D eigenvalue weighted by Crippen LogP contribution is -2.39. The summed E-state index contributed by atoms with van der Waals surface area (Å²) in [5.74, 6) is -1.01. The Morgan fingerprint density at radius 3 is 2.59 bits per heavy atom. The summed E-state index contributed by atoms with van der Waals surface area (Å²) in [7, 11) is 0. The Morgan fingerprint density at radius 2 is 1.86 bits per heavy atom. The van der Waals surface area contributed by atoms with Crippen LogP contribution in [0.5, 0.6) is 0 Å². The topological polar surface area (TPSA) is 66.8 Å². The Hall–Kier alpha value is -1.10. The molecule has 5 nitrogen and oxygen atoms in total. The van der Waals surface area contributed by atoms with E-state index in [4.69, 9.17) is 9.84 Å². The highest BCUT2D eigenvalue weighted by molar-refractivity contribution is 5.80. The lowest BCUT2D eigenvalue weighted by atomic mass is 9.80. The van der Waals surface area contributed by atoms with Crippen LogP contribution in [0.1, 0.15) is 58.3 Å². The van der Waals surface area contributed by atoms with Crippen molar-refractivity contribution in [1.29, 1.82) is 0 Å².